The van der Waals surface area contributed by atoms with Crippen molar-refractivity contribution in [2.24, 2.45) is 5.73 Å². The summed E-state index contributed by atoms with van der Waals surface area (Å²) in [5, 5.41) is 0.660. The topological polar surface area (TPSA) is 63.9 Å². The number of halogens is 1. The molecule has 0 radical (unpaired) electrons. The van der Waals surface area contributed by atoms with E-state index in [1.807, 2.05) is 18.2 Å². The zero-order chi connectivity index (χ0) is 11.1. The van der Waals surface area contributed by atoms with Crippen LogP contribution in [0.1, 0.15) is 11.7 Å². The summed E-state index contributed by atoms with van der Waals surface area (Å²) in [5.74, 6) is 1.01. The molecule has 0 bridgehead atoms. The van der Waals surface area contributed by atoms with Crippen molar-refractivity contribution in [2.75, 3.05) is 13.2 Å². The number of imidazole rings is 1. The molecule has 84 valence electrons. The van der Waals surface area contributed by atoms with Crippen LogP contribution < -0.4 is 5.73 Å². The second kappa shape index (κ2) is 3.73. The molecule has 1 saturated heterocycles. The van der Waals surface area contributed by atoms with E-state index in [9.17, 15) is 0 Å². The van der Waals surface area contributed by atoms with E-state index in [0.717, 1.165) is 16.9 Å². The lowest BCUT2D eigenvalue weighted by atomic mass is 10.0. The molecular formula is C11H12ClN3O. The highest BCUT2D eigenvalue weighted by Gasteiger charge is 2.29. The Hall–Kier alpha value is -1.10. The van der Waals surface area contributed by atoms with E-state index in [-0.39, 0.29) is 12.0 Å². The fourth-order valence-electron chi connectivity index (χ4n) is 2.04. The van der Waals surface area contributed by atoms with Crippen molar-refractivity contribution in [1.29, 1.82) is 0 Å². The largest absolute Gasteiger partial charge is 0.379 e. The van der Waals surface area contributed by atoms with Gasteiger partial charge in [0.2, 0.25) is 0 Å². The van der Waals surface area contributed by atoms with Crippen molar-refractivity contribution >= 4 is 22.6 Å². The molecule has 0 amide bonds. The van der Waals surface area contributed by atoms with Crippen LogP contribution in [-0.2, 0) is 4.74 Å². The summed E-state index contributed by atoms with van der Waals surface area (Å²) in [6.45, 7) is 1.22. The number of hydrogen-bond donors (Lipinski definition) is 2. The van der Waals surface area contributed by atoms with Gasteiger partial charge in [-0.25, -0.2) is 4.98 Å². The van der Waals surface area contributed by atoms with Gasteiger partial charge in [-0.2, -0.15) is 0 Å². The number of aromatic nitrogens is 2. The number of para-hydroxylation sites is 1. The summed E-state index contributed by atoms with van der Waals surface area (Å²) in [7, 11) is 0. The highest BCUT2D eigenvalue weighted by atomic mass is 35.5. The molecule has 2 aromatic rings. The zero-order valence-corrected chi connectivity index (χ0v) is 9.37. The third kappa shape index (κ3) is 1.50. The van der Waals surface area contributed by atoms with E-state index < -0.39 is 0 Å². The van der Waals surface area contributed by atoms with Gasteiger partial charge in [-0.3, -0.25) is 0 Å². The van der Waals surface area contributed by atoms with Gasteiger partial charge in [0.05, 0.1) is 29.7 Å². The van der Waals surface area contributed by atoms with Crippen LogP contribution in [0.5, 0.6) is 0 Å². The molecule has 2 unspecified atom stereocenters. The van der Waals surface area contributed by atoms with Crippen LogP contribution in [-0.4, -0.2) is 29.2 Å². The average molecular weight is 238 g/mol. The van der Waals surface area contributed by atoms with Crippen LogP contribution in [0.4, 0.5) is 0 Å². The molecule has 1 aromatic carbocycles. The van der Waals surface area contributed by atoms with Gasteiger partial charge in [0.25, 0.3) is 0 Å². The molecule has 2 atom stereocenters. The van der Waals surface area contributed by atoms with Crippen LogP contribution >= 0.6 is 11.6 Å². The van der Waals surface area contributed by atoms with Gasteiger partial charge in [0.1, 0.15) is 11.3 Å². The highest BCUT2D eigenvalue weighted by Crippen LogP contribution is 2.27. The lowest BCUT2D eigenvalue weighted by Crippen LogP contribution is -2.27. The lowest BCUT2D eigenvalue weighted by Gasteiger charge is -2.08. The molecule has 0 saturated carbocycles. The third-order valence-corrected chi connectivity index (χ3v) is 3.26. The molecule has 1 fully saturated rings. The van der Waals surface area contributed by atoms with E-state index in [1.54, 1.807) is 0 Å². The van der Waals surface area contributed by atoms with E-state index in [1.165, 1.54) is 0 Å². The number of nitrogens with two attached hydrogens (primary N) is 1. The Morgan fingerprint density at radius 2 is 2.31 bits per heavy atom. The SMILES string of the molecule is NC1COCC1c1nc2c(Cl)cccc2[nH]1. The first-order valence-electron chi connectivity index (χ1n) is 5.23. The maximum absolute atomic E-state index is 6.07. The molecule has 4 nitrogen and oxygen atoms in total. The Kier molecular flexibility index (Phi) is 2.35. The standard InChI is InChI=1S/C11H12ClN3O/c12-7-2-1-3-9-10(7)15-11(14-9)6-4-16-5-8(6)13/h1-3,6,8H,4-5,13H2,(H,14,15). The van der Waals surface area contributed by atoms with Gasteiger partial charge in [-0.1, -0.05) is 17.7 Å². The normalized spacial score (nSPS) is 25.4. The second-order valence-corrected chi connectivity index (χ2v) is 4.47. The maximum Gasteiger partial charge on any atom is 0.114 e. The first-order valence-corrected chi connectivity index (χ1v) is 5.61. The van der Waals surface area contributed by atoms with E-state index in [0.29, 0.717) is 18.2 Å². The number of rotatable bonds is 1. The van der Waals surface area contributed by atoms with E-state index in [4.69, 9.17) is 22.1 Å². The number of H-pyrrole nitrogens is 1. The predicted octanol–water partition coefficient (Wildman–Crippen LogP) is 1.66. The minimum atomic E-state index is 0.0133. The second-order valence-electron chi connectivity index (χ2n) is 4.07. The van der Waals surface area contributed by atoms with Gasteiger partial charge in [0.15, 0.2) is 0 Å². The Labute approximate surface area is 97.8 Å². The summed E-state index contributed by atoms with van der Waals surface area (Å²) in [6, 6.07) is 5.70. The first-order chi connectivity index (χ1) is 7.75. The number of nitrogens with one attached hydrogen (secondary N) is 1. The summed E-state index contributed by atoms with van der Waals surface area (Å²) in [6.07, 6.45) is 0. The first kappa shape index (κ1) is 10.1. The van der Waals surface area contributed by atoms with Gasteiger partial charge in [-0.05, 0) is 12.1 Å². The van der Waals surface area contributed by atoms with E-state index in [2.05, 4.69) is 9.97 Å². The number of hydrogen-bond acceptors (Lipinski definition) is 3. The van der Waals surface area contributed by atoms with Gasteiger partial charge >= 0.3 is 0 Å². The minimum Gasteiger partial charge on any atom is -0.379 e. The fourth-order valence-corrected chi connectivity index (χ4v) is 2.26. The van der Waals surface area contributed by atoms with Crippen molar-refractivity contribution in [3.8, 4) is 0 Å². The summed E-state index contributed by atoms with van der Waals surface area (Å²) >= 11 is 6.07. The van der Waals surface area contributed by atoms with Crippen LogP contribution in [0.3, 0.4) is 0 Å². The van der Waals surface area contributed by atoms with Crippen LogP contribution in [0.25, 0.3) is 11.0 Å². The zero-order valence-electron chi connectivity index (χ0n) is 8.61. The van der Waals surface area contributed by atoms with Crippen molar-refractivity contribution in [3.63, 3.8) is 0 Å². The molecule has 1 aromatic heterocycles. The van der Waals surface area contributed by atoms with Crippen molar-refractivity contribution in [3.05, 3.63) is 29.0 Å². The van der Waals surface area contributed by atoms with Gasteiger partial charge in [0, 0.05) is 6.04 Å². The number of benzene rings is 1. The van der Waals surface area contributed by atoms with Gasteiger partial charge < -0.3 is 15.5 Å². The third-order valence-electron chi connectivity index (χ3n) is 2.96. The van der Waals surface area contributed by atoms with Crippen LogP contribution in [0.2, 0.25) is 5.02 Å². The fraction of sp³-hybridized carbons (Fsp3) is 0.364. The monoisotopic (exact) mass is 237 g/mol. The number of nitrogens with zero attached hydrogens (tertiary/aromatic N) is 1. The Balaban J connectivity index is 2.08. The number of ether oxygens (including phenoxy) is 1. The van der Waals surface area contributed by atoms with Crippen molar-refractivity contribution < 1.29 is 4.74 Å². The molecular weight excluding hydrogens is 226 g/mol. The lowest BCUT2D eigenvalue weighted by molar-refractivity contribution is 0.190. The predicted molar refractivity (Wildman–Crippen MR) is 62.6 cm³/mol. The van der Waals surface area contributed by atoms with Crippen molar-refractivity contribution in [1.82, 2.24) is 9.97 Å². The summed E-state index contributed by atoms with van der Waals surface area (Å²) < 4.78 is 5.33. The average Bonchev–Trinajstić information content (AvgIpc) is 2.84. The minimum absolute atomic E-state index is 0.0133. The molecule has 2 heterocycles. The molecule has 5 heteroatoms. The highest BCUT2D eigenvalue weighted by molar-refractivity contribution is 6.34. The molecule has 16 heavy (non-hydrogen) atoms. The Morgan fingerprint density at radius 1 is 1.44 bits per heavy atom. The molecule has 1 aliphatic heterocycles. The molecule has 1 aliphatic rings. The molecule has 0 spiro atoms. The maximum atomic E-state index is 6.07. The quantitative estimate of drug-likeness (QED) is 0.793. The summed E-state index contributed by atoms with van der Waals surface area (Å²) in [5.41, 5.74) is 7.70. The number of fused-ring (bicyclic) bond motifs is 1. The van der Waals surface area contributed by atoms with Crippen LogP contribution in [0.15, 0.2) is 18.2 Å². The van der Waals surface area contributed by atoms with Crippen LogP contribution in [0, 0.1) is 0 Å². The molecule has 3 N–H and O–H groups in total. The Bertz CT molecular complexity index is 525. The van der Waals surface area contributed by atoms with Crippen molar-refractivity contribution in [2.45, 2.75) is 12.0 Å². The Morgan fingerprint density at radius 3 is 3.00 bits per heavy atom. The summed E-state index contributed by atoms with van der Waals surface area (Å²) in [4.78, 5) is 7.75. The smallest absolute Gasteiger partial charge is 0.114 e. The molecule has 0 aliphatic carbocycles. The van der Waals surface area contributed by atoms with E-state index >= 15 is 0 Å². The molecule has 3 rings (SSSR count). The number of aromatic amines is 1. The van der Waals surface area contributed by atoms with Gasteiger partial charge in [-0.15, -0.1) is 0 Å².